The molecule has 0 N–H and O–H groups in total. The molecule has 0 aliphatic carbocycles. The topological polar surface area (TPSA) is 0 Å². The van der Waals surface area contributed by atoms with E-state index in [9.17, 15) is 0 Å². The zero-order chi connectivity index (χ0) is 4.12. The minimum atomic E-state index is 0. The van der Waals surface area contributed by atoms with Crippen molar-refractivity contribution in [2.75, 3.05) is 0 Å². The summed E-state index contributed by atoms with van der Waals surface area (Å²) in [4.78, 5) is 0. The molecule has 2 heteroatoms. The molecule has 0 aromatic rings. The Hall–Kier alpha value is 1.12. The summed E-state index contributed by atoms with van der Waals surface area (Å²) >= 11 is 0.895. The van der Waals surface area contributed by atoms with Gasteiger partial charge in [0.15, 0.2) is 0 Å². The van der Waals surface area contributed by atoms with Crippen LogP contribution in [-0.2, 0) is 0 Å². The van der Waals surface area contributed by atoms with Gasteiger partial charge in [-0.2, -0.15) is 0 Å². The van der Waals surface area contributed by atoms with Gasteiger partial charge in [-0.25, -0.2) is 0 Å². The van der Waals surface area contributed by atoms with Crippen LogP contribution in [0.3, 0.4) is 0 Å². The van der Waals surface area contributed by atoms with Crippen LogP contribution in [-0.4, -0.2) is 57.5 Å². The van der Waals surface area contributed by atoms with Gasteiger partial charge < -0.3 is 0 Å². The van der Waals surface area contributed by atoms with Gasteiger partial charge in [-0.3, -0.25) is 0 Å². The SMILES string of the molecule is C#CC#[C][Na].[NaH]. The first kappa shape index (κ1) is 10.2. The quantitative estimate of drug-likeness (QED) is 0.271. The Balaban J connectivity index is 0. The molecule has 0 fully saturated rings. The van der Waals surface area contributed by atoms with E-state index in [2.05, 4.69) is 15.0 Å². The van der Waals surface area contributed by atoms with Gasteiger partial charge in [0.25, 0.3) is 0 Å². The molecule has 0 aliphatic rings. The van der Waals surface area contributed by atoms with E-state index < -0.39 is 0 Å². The molecule has 0 radical (unpaired) electrons. The van der Waals surface area contributed by atoms with Crippen molar-refractivity contribution in [1.82, 2.24) is 0 Å². The van der Waals surface area contributed by atoms with Crippen LogP contribution in [0.4, 0.5) is 0 Å². The summed E-state index contributed by atoms with van der Waals surface area (Å²) in [5, 5.41) is 0. The van der Waals surface area contributed by atoms with E-state index in [-0.39, 0.29) is 29.6 Å². The second-order valence-electron chi connectivity index (χ2n) is 0.519. The summed E-state index contributed by atoms with van der Waals surface area (Å²) in [5.41, 5.74) is 0. The molecule has 0 saturated carbocycles. The fourth-order valence-electron chi connectivity index (χ4n) is 0.0722. The monoisotopic (exact) mass is 96.0 g/mol. The molecule has 0 atom stereocenters. The van der Waals surface area contributed by atoms with Crippen LogP contribution in [0.5, 0.6) is 0 Å². The molecular formula is C4H2Na2. The van der Waals surface area contributed by atoms with Gasteiger partial charge in [-0.15, -0.1) is 0 Å². The van der Waals surface area contributed by atoms with Crippen molar-refractivity contribution in [1.29, 1.82) is 0 Å². The molecular weight excluding hydrogens is 94.0 g/mol. The summed E-state index contributed by atoms with van der Waals surface area (Å²) in [6, 6.07) is 0. The van der Waals surface area contributed by atoms with Gasteiger partial charge >= 0.3 is 78.9 Å². The van der Waals surface area contributed by atoms with Crippen LogP contribution >= 0.6 is 0 Å². The molecule has 0 bridgehead atoms. The molecule has 6 heavy (non-hydrogen) atoms. The average molecular weight is 96.0 g/mol. The number of rotatable bonds is 0. The van der Waals surface area contributed by atoms with E-state index in [1.165, 1.54) is 0 Å². The van der Waals surface area contributed by atoms with Crippen molar-refractivity contribution >= 4 is 57.5 Å². The molecule has 0 nitrogen and oxygen atoms in total. The van der Waals surface area contributed by atoms with E-state index in [4.69, 9.17) is 6.42 Å². The summed E-state index contributed by atoms with van der Waals surface area (Å²) in [6.07, 6.45) is 4.74. The predicted molar refractivity (Wildman–Crippen MR) is 29.5 cm³/mol. The molecule has 0 aromatic heterocycles. The van der Waals surface area contributed by atoms with Crippen LogP contribution in [0.15, 0.2) is 0 Å². The predicted octanol–water partition coefficient (Wildman–Crippen LogP) is -0.900. The van der Waals surface area contributed by atoms with Crippen LogP contribution in [0.25, 0.3) is 0 Å². The zero-order valence-corrected chi connectivity index (χ0v) is 5.08. The van der Waals surface area contributed by atoms with Gasteiger partial charge in [-0.05, 0) is 0 Å². The fourth-order valence-corrected chi connectivity index (χ4v) is 0.217. The maximum atomic E-state index is 4.74. The Bertz CT molecular complexity index is 98.9. The number of hydrogen-bond acceptors (Lipinski definition) is 0. The van der Waals surface area contributed by atoms with Crippen LogP contribution in [0, 0.1) is 21.4 Å². The van der Waals surface area contributed by atoms with E-state index in [0.29, 0.717) is 0 Å². The van der Waals surface area contributed by atoms with E-state index >= 15 is 0 Å². The van der Waals surface area contributed by atoms with Crippen LogP contribution in [0.1, 0.15) is 0 Å². The molecule has 0 amide bonds. The average Bonchev–Trinajstić information content (AvgIpc) is 1.41. The third kappa shape index (κ3) is 8.93. The first-order valence-corrected chi connectivity index (χ1v) is 2.29. The molecule has 0 rings (SSSR count). The molecule has 20 valence electrons. The van der Waals surface area contributed by atoms with Gasteiger partial charge in [0, 0.05) is 0 Å². The van der Waals surface area contributed by atoms with Gasteiger partial charge in [0.05, 0.1) is 0 Å². The van der Waals surface area contributed by atoms with E-state index in [0.717, 1.165) is 27.9 Å². The first-order valence-electron chi connectivity index (χ1n) is 1.29. The van der Waals surface area contributed by atoms with Gasteiger partial charge in [0.2, 0.25) is 0 Å². The Morgan fingerprint density at radius 3 is 2.00 bits per heavy atom. The molecule has 0 heterocycles. The minimum absolute atomic E-state index is 0. The second kappa shape index (κ2) is 9.45. The number of terminal acetylenes is 1. The molecule has 0 unspecified atom stereocenters. The third-order valence-corrected chi connectivity index (χ3v) is 0.447. The summed E-state index contributed by atoms with van der Waals surface area (Å²) in [6.45, 7) is 0. The van der Waals surface area contributed by atoms with E-state index in [1.807, 2.05) is 0 Å². The summed E-state index contributed by atoms with van der Waals surface area (Å²) < 4.78 is 2.67. The normalized spacial score (nSPS) is 2.83. The Labute approximate surface area is 77.8 Å². The molecule has 0 saturated heterocycles. The van der Waals surface area contributed by atoms with Crippen LogP contribution in [0.2, 0.25) is 0 Å². The van der Waals surface area contributed by atoms with Crippen molar-refractivity contribution in [3.63, 3.8) is 0 Å². The van der Waals surface area contributed by atoms with Crippen molar-refractivity contribution in [2.45, 2.75) is 0 Å². The Morgan fingerprint density at radius 2 is 2.00 bits per heavy atom. The van der Waals surface area contributed by atoms with E-state index in [1.54, 1.807) is 0 Å². The summed E-state index contributed by atoms with van der Waals surface area (Å²) in [7, 11) is 0. The molecule has 0 aliphatic heterocycles. The van der Waals surface area contributed by atoms with Gasteiger partial charge in [0.1, 0.15) is 0 Å². The fraction of sp³-hybridized carbons (Fsp3) is 0. The maximum absolute atomic E-state index is 4.74. The number of hydrogen-bond donors (Lipinski definition) is 0. The van der Waals surface area contributed by atoms with Crippen molar-refractivity contribution in [3.05, 3.63) is 0 Å². The standard InChI is InChI=1S/C4H.2Na.H/c1-3-4-2;;;/h1H;;;. The van der Waals surface area contributed by atoms with Crippen molar-refractivity contribution in [3.8, 4) is 21.4 Å². The van der Waals surface area contributed by atoms with Crippen molar-refractivity contribution < 1.29 is 0 Å². The second-order valence-corrected chi connectivity index (χ2v) is 1.02. The summed E-state index contributed by atoms with van der Waals surface area (Å²) in [5.74, 6) is 4.64. The van der Waals surface area contributed by atoms with Gasteiger partial charge in [-0.1, -0.05) is 0 Å². The molecule has 0 aromatic carbocycles. The Morgan fingerprint density at radius 1 is 1.50 bits per heavy atom. The third-order valence-electron chi connectivity index (χ3n) is 0.197. The first-order chi connectivity index (χ1) is 2.41. The zero-order valence-electron chi connectivity index (χ0n) is 3.08. The van der Waals surface area contributed by atoms with Crippen molar-refractivity contribution in [2.24, 2.45) is 0 Å². The molecule has 0 spiro atoms. The Kier molecular flexibility index (Phi) is 16.0. The van der Waals surface area contributed by atoms with Crippen LogP contribution < -0.4 is 0 Å².